The lowest BCUT2D eigenvalue weighted by Gasteiger charge is -2.06. The normalized spacial score (nSPS) is 24.0. The van der Waals surface area contributed by atoms with Crippen LogP contribution in [0.5, 0.6) is 0 Å². The van der Waals surface area contributed by atoms with Gasteiger partial charge in [0, 0.05) is 5.75 Å². The fourth-order valence-corrected chi connectivity index (χ4v) is 1.12. The van der Waals surface area contributed by atoms with Gasteiger partial charge in [-0.2, -0.15) is 0 Å². The van der Waals surface area contributed by atoms with Crippen LogP contribution in [0, 0.1) is 0 Å². The fourth-order valence-electron chi connectivity index (χ4n) is 0.440. The molecule has 0 aliphatic carbocycles. The van der Waals surface area contributed by atoms with Crippen molar-refractivity contribution in [2.75, 3.05) is 12.4 Å². The van der Waals surface area contributed by atoms with Gasteiger partial charge >= 0.3 is 0 Å². The second-order valence-electron chi connectivity index (χ2n) is 1.35. The van der Waals surface area contributed by atoms with E-state index in [1.165, 1.54) is 18.6 Å². The van der Waals surface area contributed by atoms with Crippen molar-refractivity contribution in [3.63, 3.8) is 0 Å². The Kier molecular flexibility index (Phi) is 1.85. The van der Waals surface area contributed by atoms with E-state index < -0.39 is 0 Å². The first-order valence-electron chi connectivity index (χ1n) is 2.24. The molecule has 0 bridgehead atoms. The van der Waals surface area contributed by atoms with Crippen molar-refractivity contribution in [1.29, 1.82) is 0 Å². The largest absolute Gasteiger partial charge is 0.315 e. The second-order valence-corrected chi connectivity index (χ2v) is 2.23. The molecule has 1 heterocycles. The smallest absolute Gasteiger partial charge is 0.0614 e. The summed E-state index contributed by atoms with van der Waals surface area (Å²) in [6.07, 6.45) is 2.59. The summed E-state index contributed by atoms with van der Waals surface area (Å²) in [7, 11) is 0. The van der Waals surface area contributed by atoms with Crippen LogP contribution in [0.3, 0.4) is 0 Å². The van der Waals surface area contributed by atoms with E-state index in [9.17, 15) is 0 Å². The van der Waals surface area contributed by atoms with Crippen LogP contribution < -0.4 is 0 Å². The summed E-state index contributed by atoms with van der Waals surface area (Å²) >= 11 is 1.59. The van der Waals surface area contributed by atoms with Crippen LogP contribution >= 0.6 is 12.0 Å². The third kappa shape index (κ3) is 1.19. The van der Waals surface area contributed by atoms with Crippen LogP contribution in [-0.4, -0.2) is 12.4 Å². The molecule has 0 unspecified atom stereocenters. The Morgan fingerprint density at radius 1 is 1.33 bits per heavy atom. The lowest BCUT2D eigenvalue weighted by molar-refractivity contribution is 0.346. The van der Waals surface area contributed by atoms with Crippen molar-refractivity contribution in [1.82, 2.24) is 0 Å². The standard InChI is InChI=1S/C4H8OS/c1-2-4-6-5-3-1/h1-4H2. The molecular weight excluding hydrogens is 96.1 g/mol. The monoisotopic (exact) mass is 104 g/mol. The second kappa shape index (κ2) is 2.48. The maximum Gasteiger partial charge on any atom is 0.0614 e. The van der Waals surface area contributed by atoms with Crippen LogP contribution in [0.1, 0.15) is 12.8 Å². The zero-order chi connectivity index (χ0) is 4.24. The summed E-state index contributed by atoms with van der Waals surface area (Å²) in [6.45, 7) is 0.963. The molecule has 1 saturated heterocycles. The minimum atomic E-state index is 0.963. The highest BCUT2D eigenvalue weighted by Gasteiger charge is 1.96. The van der Waals surface area contributed by atoms with Gasteiger partial charge in [0.25, 0.3) is 0 Å². The number of rotatable bonds is 0. The quantitative estimate of drug-likeness (QED) is 0.430. The van der Waals surface area contributed by atoms with Gasteiger partial charge in [0.2, 0.25) is 0 Å². The van der Waals surface area contributed by atoms with Crippen molar-refractivity contribution in [2.45, 2.75) is 12.8 Å². The lowest BCUT2D eigenvalue weighted by Crippen LogP contribution is -1.95. The van der Waals surface area contributed by atoms with Crippen LogP contribution in [0.4, 0.5) is 0 Å². The molecule has 0 spiro atoms. The Balaban J connectivity index is 2.00. The summed E-state index contributed by atoms with van der Waals surface area (Å²) in [6, 6.07) is 0. The Labute approximate surface area is 42.3 Å². The third-order valence-corrected chi connectivity index (χ3v) is 1.58. The van der Waals surface area contributed by atoms with Gasteiger partial charge in [-0.3, -0.25) is 0 Å². The zero-order valence-electron chi connectivity index (χ0n) is 3.64. The van der Waals surface area contributed by atoms with Crippen molar-refractivity contribution in [3.05, 3.63) is 0 Å². The number of hydrogen-bond acceptors (Lipinski definition) is 2. The molecule has 0 atom stereocenters. The highest BCUT2D eigenvalue weighted by atomic mass is 32.2. The van der Waals surface area contributed by atoms with Gasteiger partial charge in [0.05, 0.1) is 6.61 Å². The average Bonchev–Trinajstić information content (AvgIpc) is 1.72. The van der Waals surface area contributed by atoms with Gasteiger partial charge < -0.3 is 4.18 Å². The zero-order valence-corrected chi connectivity index (χ0v) is 4.46. The summed E-state index contributed by atoms with van der Waals surface area (Å²) in [5.74, 6) is 1.19. The van der Waals surface area contributed by atoms with E-state index in [-0.39, 0.29) is 0 Å². The molecule has 0 aromatic carbocycles. The molecule has 1 aliphatic heterocycles. The molecular formula is C4H8OS. The van der Waals surface area contributed by atoms with Crippen molar-refractivity contribution >= 4 is 12.0 Å². The third-order valence-electron chi connectivity index (χ3n) is 0.789. The topological polar surface area (TPSA) is 9.23 Å². The van der Waals surface area contributed by atoms with Crippen molar-refractivity contribution in [3.8, 4) is 0 Å². The van der Waals surface area contributed by atoms with Gasteiger partial charge in [-0.05, 0) is 24.9 Å². The molecule has 0 saturated carbocycles. The summed E-state index contributed by atoms with van der Waals surface area (Å²) in [4.78, 5) is 0. The molecule has 36 valence electrons. The first-order chi connectivity index (χ1) is 3.00. The highest BCUT2D eigenvalue weighted by molar-refractivity contribution is 7.94. The summed E-state index contributed by atoms with van der Waals surface area (Å²) in [5, 5.41) is 0. The van der Waals surface area contributed by atoms with E-state index in [1.54, 1.807) is 12.0 Å². The average molecular weight is 104 g/mol. The van der Waals surface area contributed by atoms with E-state index in [0.29, 0.717) is 0 Å². The molecule has 1 rings (SSSR count). The predicted molar refractivity (Wildman–Crippen MR) is 27.6 cm³/mol. The molecule has 0 aromatic rings. The summed E-state index contributed by atoms with van der Waals surface area (Å²) < 4.78 is 4.99. The Hall–Kier alpha value is 0.310. The van der Waals surface area contributed by atoms with Crippen LogP contribution in [0.15, 0.2) is 0 Å². The Morgan fingerprint density at radius 2 is 2.33 bits per heavy atom. The van der Waals surface area contributed by atoms with E-state index in [4.69, 9.17) is 4.18 Å². The predicted octanol–water partition coefficient (Wildman–Crippen LogP) is 1.45. The van der Waals surface area contributed by atoms with Gasteiger partial charge in [0.1, 0.15) is 0 Å². The minimum Gasteiger partial charge on any atom is -0.315 e. The molecule has 6 heavy (non-hydrogen) atoms. The van der Waals surface area contributed by atoms with Crippen LogP contribution in [0.25, 0.3) is 0 Å². The van der Waals surface area contributed by atoms with Gasteiger partial charge in [0.15, 0.2) is 0 Å². The molecule has 0 N–H and O–H groups in total. The minimum absolute atomic E-state index is 0.963. The van der Waals surface area contributed by atoms with E-state index >= 15 is 0 Å². The fraction of sp³-hybridized carbons (Fsp3) is 1.00. The van der Waals surface area contributed by atoms with Crippen molar-refractivity contribution in [2.24, 2.45) is 0 Å². The lowest BCUT2D eigenvalue weighted by atomic mass is 10.4. The maximum atomic E-state index is 4.99. The van der Waals surface area contributed by atoms with Gasteiger partial charge in [-0.15, -0.1) is 0 Å². The SMILES string of the molecule is C1CCSOC1. The molecule has 1 nitrogen and oxygen atoms in total. The first kappa shape index (κ1) is 4.47. The van der Waals surface area contributed by atoms with Crippen LogP contribution in [0.2, 0.25) is 0 Å². The maximum absolute atomic E-state index is 4.99. The molecule has 0 radical (unpaired) electrons. The Bertz CT molecular complexity index is 23.0. The number of hydrogen-bond donors (Lipinski definition) is 0. The summed E-state index contributed by atoms with van der Waals surface area (Å²) in [5.41, 5.74) is 0. The molecule has 0 aromatic heterocycles. The van der Waals surface area contributed by atoms with Gasteiger partial charge in [-0.25, -0.2) is 0 Å². The molecule has 0 amide bonds. The first-order valence-corrected chi connectivity index (χ1v) is 3.15. The van der Waals surface area contributed by atoms with E-state index in [2.05, 4.69) is 0 Å². The van der Waals surface area contributed by atoms with E-state index in [0.717, 1.165) is 6.61 Å². The van der Waals surface area contributed by atoms with Crippen molar-refractivity contribution < 1.29 is 4.18 Å². The molecule has 2 heteroatoms. The highest BCUT2D eigenvalue weighted by Crippen LogP contribution is 2.12. The van der Waals surface area contributed by atoms with Gasteiger partial charge in [-0.1, -0.05) is 0 Å². The molecule has 1 aliphatic rings. The Morgan fingerprint density at radius 3 is 2.50 bits per heavy atom. The van der Waals surface area contributed by atoms with Crippen LogP contribution in [-0.2, 0) is 4.18 Å². The molecule has 1 fully saturated rings. The van der Waals surface area contributed by atoms with E-state index in [1.807, 2.05) is 0 Å².